The molecular weight excluding hydrogens is 554 g/mol. The van der Waals surface area contributed by atoms with E-state index < -0.39 is 63.1 Å². The Morgan fingerprint density at radius 2 is 1.29 bits per heavy atom. The van der Waals surface area contributed by atoms with Gasteiger partial charge in [-0.05, 0) is 55.0 Å². The molecule has 2 atom stereocenters. The third-order valence-electron chi connectivity index (χ3n) is 7.19. The summed E-state index contributed by atoms with van der Waals surface area (Å²) in [5.74, 6) is -0.464. The van der Waals surface area contributed by atoms with Gasteiger partial charge in [-0.2, -0.15) is 26.3 Å². The zero-order valence-corrected chi connectivity index (χ0v) is 23.9. The Balaban J connectivity index is 1.92. The summed E-state index contributed by atoms with van der Waals surface area (Å²) in [6, 6.07) is -0.551. The first-order chi connectivity index (χ1) is 18.6. The second kappa shape index (κ2) is 11.3. The molecule has 228 valence electrons. The summed E-state index contributed by atoms with van der Waals surface area (Å²) in [5, 5.41) is 8.06. The minimum atomic E-state index is -5.10. The summed E-state index contributed by atoms with van der Waals surface area (Å²) >= 11 is 0. The van der Waals surface area contributed by atoms with Gasteiger partial charge in [0.25, 0.3) is 10.9 Å². The van der Waals surface area contributed by atoms with Crippen LogP contribution in [0.3, 0.4) is 0 Å². The first-order valence-electron chi connectivity index (χ1n) is 13.3. The lowest BCUT2D eigenvalue weighted by Gasteiger charge is -2.38. The molecule has 3 rings (SSSR count). The van der Waals surface area contributed by atoms with Gasteiger partial charge in [-0.3, -0.25) is 14.4 Å². The molecule has 1 aliphatic rings. The van der Waals surface area contributed by atoms with Crippen molar-refractivity contribution in [2.24, 2.45) is 10.8 Å². The van der Waals surface area contributed by atoms with Crippen LogP contribution < -0.4 is 26.8 Å². The number of halogens is 6. The molecule has 7 nitrogen and oxygen atoms in total. The molecule has 41 heavy (non-hydrogen) atoms. The molecule has 0 aromatic heterocycles. The number of rotatable bonds is 8. The fourth-order valence-corrected chi connectivity index (χ4v) is 4.65. The first-order valence-corrected chi connectivity index (χ1v) is 13.3. The SMILES string of the molecule is CC(C)(C)[C@H](Nc1c(Nc2cc(C(F)(F)F)cc(C(F)(F)F)c2)c(=O)c1=O)C(=O)N[C@H](CN1CCCC1)C(C)(C)C. The predicted molar refractivity (Wildman–Crippen MR) is 145 cm³/mol. The maximum absolute atomic E-state index is 13.6. The summed E-state index contributed by atoms with van der Waals surface area (Å²) in [7, 11) is 0. The highest BCUT2D eigenvalue weighted by Crippen LogP contribution is 2.38. The number of carbonyl (C=O) groups is 1. The van der Waals surface area contributed by atoms with Crippen molar-refractivity contribution < 1.29 is 31.1 Å². The molecule has 0 saturated carbocycles. The third kappa shape index (κ3) is 7.81. The van der Waals surface area contributed by atoms with Gasteiger partial charge in [0.05, 0.1) is 11.1 Å². The van der Waals surface area contributed by atoms with Crippen molar-refractivity contribution in [3.8, 4) is 0 Å². The van der Waals surface area contributed by atoms with Crippen molar-refractivity contribution in [1.29, 1.82) is 0 Å². The first kappa shape index (κ1) is 32.4. The number of carbonyl (C=O) groups excluding carboxylic acids is 1. The molecule has 0 radical (unpaired) electrons. The zero-order valence-electron chi connectivity index (χ0n) is 23.9. The molecule has 1 saturated heterocycles. The molecule has 0 spiro atoms. The molecule has 0 aliphatic carbocycles. The van der Waals surface area contributed by atoms with Crippen LogP contribution >= 0.6 is 0 Å². The summed E-state index contributed by atoms with van der Waals surface area (Å²) in [6.07, 6.45) is -8.07. The van der Waals surface area contributed by atoms with Crippen LogP contribution in [0, 0.1) is 10.8 Å². The largest absolute Gasteiger partial charge is 0.416 e. The second-order valence-electron chi connectivity index (χ2n) is 12.7. The van der Waals surface area contributed by atoms with E-state index in [1.807, 2.05) is 20.8 Å². The van der Waals surface area contributed by atoms with Crippen molar-refractivity contribution in [2.45, 2.75) is 78.8 Å². The van der Waals surface area contributed by atoms with Gasteiger partial charge in [0.1, 0.15) is 17.4 Å². The van der Waals surface area contributed by atoms with Crippen LogP contribution in [0.25, 0.3) is 0 Å². The van der Waals surface area contributed by atoms with Crippen LogP contribution in [-0.4, -0.2) is 42.5 Å². The minimum absolute atomic E-state index is 0.0414. The van der Waals surface area contributed by atoms with Crippen molar-refractivity contribution in [2.75, 3.05) is 30.3 Å². The Morgan fingerprint density at radius 3 is 1.73 bits per heavy atom. The average Bonchev–Trinajstić information content (AvgIpc) is 3.33. The average molecular weight is 591 g/mol. The quantitative estimate of drug-likeness (QED) is 0.277. The Bertz CT molecular complexity index is 1290. The van der Waals surface area contributed by atoms with Crippen LogP contribution in [-0.2, 0) is 17.1 Å². The van der Waals surface area contributed by atoms with E-state index in [2.05, 4.69) is 20.9 Å². The van der Waals surface area contributed by atoms with Gasteiger partial charge in [-0.1, -0.05) is 41.5 Å². The molecular formula is C28H36F6N4O3. The summed E-state index contributed by atoms with van der Waals surface area (Å²) < 4.78 is 79.8. The van der Waals surface area contributed by atoms with Crippen LogP contribution in [0.2, 0.25) is 0 Å². The van der Waals surface area contributed by atoms with E-state index in [1.54, 1.807) is 20.8 Å². The van der Waals surface area contributed by atoms with Gasteiger partial charge in [0, 0.05) is 18.3 Å². The highest BCUT2D eigenvalue weighted by atomic mass is 19.4. The number of anilines is 3. The number of alkyl halides is 6. The molecule has 0 bridgehead atoms. The molecule has 2 aromatic rings. The fraction of sp³-hybridized carbons (Fsp3) is 0.607. The van der Waals surface area contributed by atoms with Crippen LogP contribution in [0.5, 0.6) is 0 Å². The molecule has 2 aromatic carbocycles. The van der Waals surface area contributed by atoms with E-state index in [9.17, 15) is 40.7 Å². The van der Waals surface area contributed by atoms with E-state index in [0.29, 0.717) is 18.7 Å². The number of benzene rings is 1. The molecule has 1 amide bonds. The Labute approximate surface area is 234 Å². The lowest BCUT2D eigenvalue weighted by Crippen LogP contribution is -2.57. The van der Waals surface area contributed by atoms with Crippen molar-refractivity contribution in [3.05, 3.63) is 49.8 Å². The molecule has 1 heterocycles. The monoisotopic (exact) mass is 590 g/mol. The van der Waals surface area contributed by atoms with Crippen molar-refractivity contribution >= 4 is 23.0 Å². The zero-order chi connectivity index (χ0) is 31.1. The van der Waals surface area contributed by atoms with E-state index >= 15 is 0 Å². The maximum Gasteiger partial charge on any atom is 0.416 e. The van der Waals surface area contributed by atoms with Crippen LogP contribution in [0.1, 0.15) is 65.5 Å². The maximum atomic E-state index is 13.6. The molecule has 13 heteroatoms. The number of hydrogen-bond acceptors (Lipinski definition) is 6. The van der Waals surface area contributed by atoms with Gasteiger partial charge in [-0.15, -0.1) is 0 Å². The van der Waals surface area contributed by atoms with Gasteiger partial charge >= 0.3 is 12.4 Å². The number of amides is 1. The van der Waals surface area contributed by atoms with Gasteiger partial charge < -0.3 is 20.9 Å². The molecule has 1 fully saturated rings. The normalized spacial score (nSPS) is 17.0. The van der Waals surface area contributed by atoms with E-state index in [1.165, 1.54) is 0 Å². The Morgan fingerprint density at radius 1 is 0.805 bits per heavy atom. The summed E-state index contributed by atoms with van der Waals surface area (Å²) in [4.78, 5) is 40.7. The molecule has 0 unspecified atom stereocenters. The van der Waals surface area contributed by atoms with Crippen molar-refractivity contribution in [3.63, 3.8) is 0 Å². The number of nitrogens with zero attached hydrogens (tertiary/aromatic N) is 1. The van der Waals surface area contributed by atoms with Gasteiger partial charge in [-0.25, -0.2) is 0 Å². The van der Waals surface area contributed by atoms with E-state index in [4.69, 9.17) is 0 Å². The lowest BCUT2D eigenvalue weighted by molar-refractivity contribution is -0.143. The number of nitrogens with one attached hydrogen (secondary N) is 3. The topological polar surface area (TPSA) is 90.5 Å². The minimum Gasteiger partial charge on any atom is -0.368 e. The molecule has 3 N–H and O–H groups in total. The summed E-state index contributed by atoms with van der Waals surface area (Å²) in [6.45, 7) is 13.5. The standard InChI is InChI=1S/C28H36F6N4O3/c1-25(2,3)18(14-38-9-7-8-10-38)36-24(41)23(26(4,5)6)37-20-19(21(39)22(20)40)35-17-12-15(27(29,30)31)11-16(13-17)28(32,33)34/h11-13,18,23,35,37H,7-10,14H2,1-6H3,(H,36,41)/t18-,23-/m1/s1. The number of likely N-dealkylation sites (tertiary alicyclic amines) is 1. The summed E-state index contributed by atoms with van der Waals surface area (Å²) in [5.41, 5.74) is -8.06. The van der Waals surface area contributed by atoms with Gasteiger partial charge in [0.15, 0.2) is 0 Å². The highest BCUT2D eigenvalue weighted by molar-refractivity contribution is 5.89. The van der Waals surface area contributed by atoms with Crippen molar-refractivity contribution in [1.82, 2.24) is 10.2 Å². The fourth-order valence-electron chi connectivity index (χ4n) is 4.65. The lowest BCUT2D eigenvalue weighted by atomic mass is 9.83. The highest BCUT2D eigenvalue weighted by Gasteiger charge is 2.39. The Kier molecular flexibility index (Phi) is 8.93. The van der Waals surface area contributed by atoms with E-state index in [0.717, 1.165) is 25.9 Å². The van der Waals surface area contributed by atoms with Crippen LogP contribution in [0.4, 0.5) is 43.4 Å². The Hall–Kier alpha value is -3.09. The van der Waals surface area contributed by atoms with Gasteiger partial charge in [0.2, 0.25) is 5.91 Å². The number of hydrogen-bond donors (Lipinski definition) is 3. The third-order valence-corrected chi connectivity index (χ3v) is 7.19. The predicted octanol–water partition coefficient (Wildman–Crippen LogP) is 5.52. The van der Waals surface area contributed by atoms with Crippen LogP contribution in [0.15, 0.2) is 27.8 Å². The molecule has 1 aliphatic heterocycles. The second-order valence-corrected chi connectivity index (χ2v) is 12.7. The van der Waals surface area contributed by atoms with E-state index in [-0.39, 0.29) is 23.2 Å². The smallest absolute Gasteiger partial charge is 0.368 e.